The minimum absolute atomic E-state index is 1.14. The Labute approximate surface area is 93.4 Å². The van der Waals surface area contributed by atoms with Crippen molar-refractivity contribution in [3.8, 4) is 0 Å². The van der Waals surface area contributed by atoms with Crippen LogP contribution in [0.4, 0.5) is 0 Å². The SMILES string of the molecule is CC/C(C)=C/Br.CC/C(C)=C\Br. The Morgan fingerprint density at radius 2 is 1.17 bits per heavy atom. The van der Waals surface area contributed by atoms with Crippen LogP contribution < -0.4 is 0 Å². The van der Waals surface area contributed by atoms with E-state index in [4.69, 9.17) is 0 Å². The Kier molecular flexibility index (Phi) is 14.2. The summed E-state index contributed by atoms with van der Waals surface area (Å²) in [5, 5.41) is 0. The third kappa shape index (κ3) is 13.1. The van der Waals surface area contributed by atoms with Gasteiger partial charge in [0.25, 0.3) is 0 Å². The maximum atomic E-state index is 3.21. The van der Waals surface area contributed by atoms with Crippen LogP contribution in [0.5, 0.6) is 0 Å². The summed E-state index contributed by atoms with van der Waals surface area (Å²) >= 11 is 6.43. The molecule has 0 unspecified atom stereocenters. The van der Waals surface area contributed by atoms with Crippen LogP contribution in [0.15, 0.2) is 21.1 Å². The molecule has 2 heteroatoms. The summed E-state index contributed by atoms with van der Waals surface area (Å²) in [7, 11) is 0. The molecule has 0 nitrogen and oxygen atoms in total. The zero-order valence-corrected chi connectivity index (χ0v) is 11.5. The summed E-state index contributed by atoms with van der Waals surface area (Å²) < 4.78 is 0. The summed E-state index contributed by atoms with van der Waals surface area (Å²) in [5.41, 5.74) is 2.77. The second-order valence-corrected chi connectivity index (χ2v) is 3.53. The quantitative estimate of drug-likeness (QED) is 0.641. The summed E-state index contributed by atoms with van der Waals surface area (Å²) in [6.07, 6.45) is 2.29. The fourth-order valence-corrected chi connectivity index (χ4v) is 0.802. The summed E-state index contributed by atoms with van der Waals surface area (Å²) in [6, 6.07) is 0. The first-order chi connectivity index (χ1) is 5.62. The first kappa shape index (κ1) is 14.9. The molecule has 12 heavy (non-hydrogen) atoms. The third-order valence-corrected chi connectivity index (χ3v) is 3.05. The molecule has 0 radical (unpaired) electrons. The predicted octanol–water partition coefficient (Wildman–Crippen LogP) is 5.39. The molecule has 0 saturated heterocycles. The van der Waals surface area contributed by atoms with E-state index < -0.39 is 0 Å². The normalized spacial score (nSPS) is 12.2. The molecule has 0 aliphatic rings. The summed E-state index contributed by atoms with van der Waals surface area (Å²) in [6.45, 7) is 8.45. The van der Waals surface area contributed by atoms with Gasteiger partial charge in [0.15, 0.2) is 0 Å². The highest BCUT2D eigenvalue weighted by molar-refractivity contribution is 9.11. The molecule has 0 aliphatic carbocycles. The lowest BCUT2D eigenvalue weighted by atomic mass is 10.3. The second kappa shape index (κ2) is 11.4. The van der Waals surface area contributed by atoms with Gasteiger partial charge < -0.3 is 0 Å². The Balaban J connectivity index is 0. The molecule has 0 fully saturated rings. The molecule has 0 aromatic heterocycles. The molecule has 72 valence electrons. The van der Waals surface area contributed by atoms with Crippen molar-refractivity contribution in [2.24, 2.45) is 0 Å². The van der Waals surface area contributed by atoms with E-state index >= 15 is 0 Å². The monoisotopic (exact) mass is 296 g/mol. The number of hydrogen-bond donors (Lipinski definition) is 0. The van der Waals surface area contributed by atoms with Crippen molar-refractivity contribution in [1.82, 2.24) is 0 Å². The molecule has 0 rings (SSSR count). The van der Waals surface area contributed by atoms with Crippen LogP contribution in [0.2, 0.25) is 0 Å². The van der Waals surface area contributed by atoms with Gasteiger partial charge in [-0.05, 0) is 36.7 Å². The molecule has 0 N–H and O–H groups in total. The van der Waals surface area contributed by atoms with Crippen molar-refractivity contribution in [2.75, 3.05) is 0 Å². The average Bonchev–Trinajstić information content (AvgIpc) is 2.16. The van der Waals surface area contributed by atoms with Crippen LogP contribution in [0.1, 0.15) is 40.5 Å². The predicted molar refractivity (Wildman–Crippen MR) is 66.0 cm³/mol. The highest BCUT2D eigenvalue weighted by Gasteiger charge is 1.74. The van der Waals surface area contributed by atoms with Gasteiger partial charge in [0.2, 0.25) is 0 Å². The van der Waals surface area contributed by atoms with Gasteiger partial charge in [0.05, 0.1) is 0 Å². The van der Waals surface area contributed by atoms with Crippen LogP contribution in [0.3, 0.4) is 0 Å². The molecular formula is C10H18Br2. The fourth-order valence-electron chi connectivity index (χ4n) is 0.154. The average molecular weight is 298 g/mol. The van der Waals surface area contributed by atoms with E-state index in [0.29, 0.717) is 0 Å². The topological polar surface area (TPSA) is 0 Å². The lowest BCUT2D eigenvalue weighted by Crippen LogP contribution is -1.62. The van der Waals surface area contributed by atoms with E-state index in [1.165, 1.54) is 11.1 Å². The number of halogens is 2. The molecule has 0 aromatic carbocycles. The molecule has 0 amide bonds. The maximum absolute atomic E-state index is 3.21. The Morgan fingerprint density at radius 1 is 0.917 bits per heavy atom. The van der Waals surface area contributed by atoms with Gasteiger partial charge in [-0.1, -0.05) is 56.9 Å². The van der Waals surface area contributed by atoms with Crippen molar-refractivity contribution in [1.29, 1.82) is 0 Å². The van der Waals surface area contributed by atoms with Gasteiger partial charge in [-0.3, -0.25) is 0 Å². The summed E-state index contributed by atoms with van der Waals surface area (Å²) in [5.74, 6) is 0. The van der Waals surface area contributed by atoms with E-state index in [1.54, 1.807) is 0 Å². The molecular weight excluding hydrogens is 280 g/mol. The maximum Gasteiger partial charge on any atom is -0.0200 e. The number of rotatable bonds is 2. The molecule has 0 heterocycles. The number of allylic oxidation sites excluding steroid dienone is 2. The van der Waals surface area contributed by atoms with Crippen molar-refractivity contribution in [3.63, 3.8) is 0 Å². The molecule has 0 aromatic rings. The van der Waals surface area contributed by atoms with Crippen molar-refractivity contribution >= 4 is 31.9 Å². The van der Waals surface area contributed by atoms with Gasteiger partial charge in [0, 0.05) is 0 Å². The Bertz CT molecular complexity index is 128. The lowest BCUT2D eigenvalue weighted by Gasteiger charge is -1.83. The van der Waals surface area contributed by atoms with E-state index in [-0.39, 0.29) is 0 Å². The van der Waals surface area contributed by atoms with Gasteiger partial charge in [-0.2, -0.15) is 0 Å². The highest BCUT2D eigenvalue weighted by atomic mass is 79.9. The van der Waals surface area contributed by atoms with E-state index in [9.17, 15) is 0 Å². The van der Waals surface area contributed by atoms with Crippen LogP contribution in [-0.2, 0) is 0 Å². The lowest BCUT2D eigenvalue weighted by molar-refractivity contribution is 1.11. The van der Waals surface area contributed by atoms with Crippen LogP contribution in [-0.4, -0.2) is 0 Å². The Hall–Kier alpha value is 0.440. The smallest absolute Gasteiger partial charge is 0.0200 e. The number of hydrogen-bond acceptors (Lipinski definition) is 0. The van der Waals surface area contributed by atoms with Gasteiger partial charge in [-0.15, -0.1) is 0 Å². The van der Waals surface area contributed by atoms with Crippen molar-refractivity contribution < 1.29 is 0 Å². The largest absolute Gasteiger partial charge is 0.0667 e. The van der Waals surface area contributed by atoms with Crippen LogP contribution in [0, 0.1) is 0 Å². The van der Waals surface area contributed by atoms with E-state index in [2.05, 4.69) is 59.6 Å². The van der Waals surface area contributed by atoms with Gasteiger partial charge in [-0.25, -0.2) is 0 Å². The molecule has 0 atom stereocenters. The standard InChI is InChI=1S/2C5H9Br/c2*1-3-5(2)4-6/h2*4H,3H2,1-2H3/b5-4+;5-4-. The van der Waals surface area contributed by atoms with E-state index in [1.807, 2.05) is 9.97 Å². The van der Waals surface area contributed by atoms with Crippen molar-refractivity contribution in [3.05, 3.63) is 21.1 Å². The molecule has 0 aliphatic heterocycles. The van der Waals surface area contributed by atoms with Crippen LogP contribution in [0.25, 0.3) is 0 Å². The Morgan fingerprint density at radius 3 is 1.17 bits per heavy atom. The van der Waals surface area contributed by atoms with Gasteiger partial charge >= 0.3 is 0 Å². The van der Waals surface area contributed by atoms with Crippen LogP contribution >= 0.6 is 31.9 Å². The molecule has 0 bridgehead atoms. The minimum atomic E-state index is 1.14. The summed E-state index contributed by atoms with van der Waals surface area (Å²) in [4.78, 5) is 3.90. The molecule has 0 spiro atoms. The molecule has 0 saturated carbocycles. The first-order valence-corrected chi connectivity index (χ1v) is 5.97. The van der Waals surface area contributed by atoms with Gasteiger partial charge in [0.1, 0.15) is 0 Å². The second-order valence-electron chi connectivity index (χ2n) is 2.62. The highest BCUT2D eigenvalue weighted by Crippen LogP contribution is 2.00. The van der Waals surface area contributed by atoms with Crippen molar-refractivity contribution in [2.45, 2.75) is 40.5 Å². The zero-order chi connectivity index (χ0) is 9.98. The van der Waals surface area contributed by atoms with E-state index in [0.717, 1.165) is 12.8 Å². The first-order valence-electron chi connectivity index (χ1n) is 4.14. The minimum Gasteiger partial charge on any atom is -0.0667 e. The third-order valence-electron chi connectivity index (χ3n) is 1.49. The fraction of sp³-hybridized carbons (Fsp3) is 0.600. The zero-order valence-electron chi connectivity index (χ0n) is 8.32.